The number of likely N-dealkylation sites (tertiary alicyclic amines) is 1. The number of hydrogen-bond acceptors (Lipinski definition) is 8. The molecule has 0 saturated carbocycles. The van der Waals surface area contributed by atoms with E-state index in [1.807, 2.05) is 6.07 Å². The molecule has 0 aromatic heterocycles. The van der Waals surface area contributed by atoms with Crippen molar-refractivity contribution >= 4 is 64.2 Å². The van der Waals surface area contributed by atoms with Gasteiger partial charge in [0, 0.05) is 44.5 Å². The highest BCUT2D eigenvalue weighted by molar-refractivity contribution is 7.93. The summed E-state index contributed by atoms with van der Waals surface area (Å²) in [5.41, 5.74) is 7.34. The van der Waals surface area contributed by atoms with Crippen LogP contribution in [0.4, 0.5) is 5.69 Å². The van der Waals surface area contributed by atoms with Crippen LogP contribution in [0, 0.1) is 5.41 Å². The number of rotatable bonds is 11. The van der Waals surface area contributed by atoms with Crippen LogP contribution in [-0.4, -0.2) is 75.6 Å². The molecule has 0 spiro atoms. The first-order chi connectivity index (χ1) is 20.2. The van der Waals surface area contributed by atoms with E-state index in [9.17, 15) is 13.2 Å². The number of halogens is 2. The van der Waals surface area contributed by atoms with Crippen LogP contribution in [0.1, 0.15) is 56.6 Å². The Balaban J connectivity index is 0.00000337. The van der Waals surface area contributed by atoms with Gasteiger partial charge in [-0.3, -0.25) is 19.5 Å². The van der Waals surface area contributed by atoms with E-state index in [1.54, 1.807) is 61.5 Å². The number of anilines is 1. The summed E-state index contributed by atoms with van der Waals surface area (Å²) in [5.74, 6) is 0.285. The van der Waals surface area contributed by atoms with Gasteiger partial charge >= 0.3 is 5.97 Å². The van der Waals surface area contributed by atoms with Gasteiger partial charge in [0.25, 0.3) is 0 Å². The van der Waals surface area contributed by atoms with Gasteiger partial charge in [-0.2, -0.15) is 0 Å². The third-order valence-electron chi connectivity index (χ3n) is 7.31. The third kappa shape index (κ3) is 10.7. The highest BCUT2D eigenvalue weighted by Crippen LogP contribution is 2.26. The van der Waals surface area contributed by atoms with Crippen molar-refractivity contribution in [3.8, 4) is 5.75 Å². The van der Waals surface area contributed by atoms with Crippen LogP contribution in [0.3, 0.4) is 0 Å². The van der Waals surface area contributed by atoms with Crippen molar-refractivity contribution in [1.29, 1.82) is 5.41 Å². The predicted molar refractivity (Wildman–Crippen MR) is 181 cm³/mol. The molecular weight excluding hydrogens is 625 g/mol. The lowest BCUT2D eigenvalue weighted by Crippen LogP contribution is -2.41. The fourth-order valence-corrected chi connectivity index (χ4v) is 6.43. The van der Waals surface area contributed by atoms with Gasteiger partial charge in [0.15, 0.2) is 5.75 Å². The van der Waals surface area contributed by atoms with Crippen LogP contribution in [0.2, 0.25) is 0 Å². The maximum Gasteiger partial charge on any atom is 0.323 e. The van der Waals surface area contributed by atoms with E-state index in [-0.39, 0.29) is 49.9 Å². The first-order valence-corrected chi connectivity index (χ1v) is 16.2. The molecule has 2 heterocycles. The Morgan fingerprint density at radius 2 is 1.84 bits per heavy atom. The maximum absolute atomic E-state index is 13.3. The largest absolute Gasteiger partial charge is 0.490 e. The van der Waals surface area contributed by atoms with Crippen molar-refractivity contribution in [3.05, 3.63) is 65.7 Å². The number of carbonyl (C=O) groups is 1. The molecule has 2 aliphatic rings. The molecule has 44 heavy (non-hydrogen) atoms. The van der Waals surface area contributed by atoms with Gasteiger partial charge in [-0.1, -0.05) is 36.8 Å². The molecule has 10 nitrogen and oxygen atoms in total. The van der Waals surface area contributed by atoms with Crippen LogP contribution >= 0.6 is 24.8 Å². The second kappa shape index (κ2) is 17.9. The van der Waals surface area contributed by atoms with Crippen molar-refractivity contribution < 1.29 is 22.7 Å². The first kappa shape index (κ1) is 36.9. The average molecular weight is 669 g/mol. The summed E-state index contributed by atoms with van der Waals surface area (Å²) < 4.78 is 38.9. The van der Waals surface area contributed by atoms with Gasteiger partial charge in [-0.25, -0.2) is 8.42 Å². The van der Waals surface area contributed by atoms with Gasteiger partial charge in [-0.05, 0) is 55.7 Å². The minimum absolute atomic E-state index is 0. The van der Waals surface area contributed by atoms with Gasteiger partial charge in [0.05, 0.1) is 24.7 Å². The zero-order chi connectivity index (χ0) is 30.0. The monoisotopic (exact) mass is 667 g/mol. The smallest absolute Gasteiger partial charge is 0.323 e. The minimum atomic E-state index is -4.04. The highest BCUT2D eigenvalue weighted by atomic mass is 35.5. The van der Waals surface area contributed by atoms with Gasteiger partial charge in [-0.15, -0.1) is 24.8 Å². The quantitative estimate of drug-likeness (QED) is 0.194. The summed E-state index contributed by atoms with van der Waals surface area (Å²) in [4.78, 5) is 19.3. The molecule has 0 aliphatic carbocycles. The number of ether oxygens (including phenoxy) is 2. The number of hydrogen-bond donors (Lipinski definition) is 2. The fraction of sp³-hybridized carbons (Fsp3) is 0.452. The van der Waals surface area contributed by atoms with E-state index >= 15 is 0 Å². The summed E-state index contributed by atoms with van der Waals surface area (Å²) in [5, 5.41) is 7.63. The third-order valence-corrected chi connectivity index (χ3v) is 8.94. The minimum Gasteiger partial charge on any atom is -0.490 e. The lowest BCUT2D eigenvalue weighted by Gasteiger charge is -2.34. The zero-order valence-electron chi connectivity index (χ0n) is 25.0. The molecule has 2 aromatic rings. The Kier molecular flexibility index (Phi) is 15.0. The number of aliphatic imine (C=N–C) groups is 1. The second-order valence-electron chi connectivity index (χ2n) is 10.4. The van der Waals surface area contributed by atoms with E-state index < -0.39 is 21.7 Å². The molecule has 0 unspecified atom stereocenters. The zero-order valence-corrected chi connectivity index (χ0v) is 27.5. The molecule has 2 aromatic carbocycles. The van der Waals surface area contributed by atoms with Gasteiger partial charge < -0.3 is 20.1 Å². The topological polar surface area (TPSA) is 138 Å². The second-order valence-corrected chi connectivity index (χ2v) is 12.3. The lowest BCUT2D eigenvalue weighted by atomic mass is 10.1. The summed E-state index contributed by atoms with van der Waals surface area (Å²) in [6.45, 7) is 4.49. The number of nitrogen functional groups attached to an aromatic ring is 1. The van der Waals surface area contributed by atoms with Crippen molar-refractivity contribution in [2.75, 3.05) is 42.8 Å². The van der Waals surface area contributed by atoms with Crippen LogP contribution in [-0.2, 0) is 19.6 Å². The molecule has 2 aliphatic heterocycles. The Labute approximate surface area is 273 Å². The molecular formula is C31H43Cl2N5O5S. The Morgan fingerprint density at radius 1 is 1.11 bits per heavy atom. The predicted octanol–water partition coefficient (Wildman–Crippen LogP) is 5.04. The summed E-state index contributed by atoms with van der Waals surface area (Å²) in [6, 6.07) is 14.0. The molecule has 242 valence electrons. The fourth-order valence-electron chi connectivity index (χ4n) is 5.14. The highest BCUT2D eigenvalue weighted by Gasteiger charge is 2.27. The van der Waals surface area contributed by atoms with E-state index in [1.165, 1.54) is 29.4 Å². The van der Waals surface area contributed by atoms with E-state index in [0.717, 1.165) is 44.5 Å². The standard InChI is InChI=1S/C31H41N5O5S.2ClH/c1-2-40-30(37)23-42(38,39)36(19-7-9-24-8-6-10-25(22-24)31(32)33)26-12-14-27(15-13-26)41-28-16-20-35(21-17-28)29-11-4-3-5-18-34-29;;/h6-10,12-15,22,28H,2-5,11,16-21,23H2,1H3,(H3,32,33);2*1H/b9-7+;;. The van der Waals surface area contributed by atoms with Crippen LogP contribution in [0.5, 0.6) is 5.75 Å². The van der Waals surface area contributed by atoms with Crippen LogP contribution < -0.4 is 14.8 Å². The molecule has 4 rings (SSSR count). The molecule has 0 amide bonds. The molecule has 1 fully saturated rings. The number of nitrogens with one attached hydrogen (secondary N) is 1. The van der Waals surface area contributed by atoms with Crippen molar-refractivity contribution in [2.45, 2.75) is 51.6 Å². The SMILES string of the molecule is CCOC(=O)CS(=O)(=O)N(C/C=C/c1cccc(C(=N)N)c1)c1ccc(OC2CCN(C3=NCCCCC3)CC2)cc1.Cl.Cl. The van der Waals surface area contributed by atoms with Crippen LogP contribution in [0.15, 0.2) is 59.6 Å². The number of amidine groups is 2. The first-order valence-electron chi connectivity index (χ1n) is 14.6. The van der Waals surface area contributed by atoms with Crippen molar-refractivity contribution in [3.63, 3.8) is 0 Å². The number of benzene rings is 2. The Hall–Kier alpha value is -3.28. The number of piperidine rings is 1. The summed E-state index contributed by atoms with van der Waals surface area (Å²) in [7, 11) is -4.04. The molecule has 3 N–H and O–H groups in total. The summed E-state index contributed by atoms with van der Waals surface area (Å²) in [6.07, 6.45) is 10.0. The molecule has 0 atom stereocenters. The molecule has 0 radical (unpaired) electrons. The van der Waals surface area contributed by atoms with Gasteiger partial charge in [0.1, 0.15) is 17.7 Å². The van der Waals surface area contributed by atoms with Gasteiger partial charge in [0.2, 0.25) is 10.0 Å². The van der Waals surface area contributed by atoms with E-state index in [0.29, 0.717) is 17.0 Å². The average Bonchev–Trinajstić information content (AvgIpc) is 3.26. The Morgan fingerprint density at radius 3 is 2.52 bits per heavy atom. The number of nitrogens with two attached hydrogens (primary N) is 1. The maximum atomic E-state index is 13.3. The molecule has 13 heteroatoms. The Bertz CT molecular complexity index is 1390. The normalized spacial score (nSPS) is 15.8. The number of nitrogens with zero attached hydrogens (tertiary/aromatic N) is 3. The van der Waals surface area contributed by atoms with Crippen LogP contribution in [0.25, 0.3) is 6.08 Å². The van der Waals surface area contributed by atoms with E-state index in [2.05, 4.69) is 4.90 Å². The number of sulfonamides is 1. The number of esters is 1. The molecule has 1 saturated heterocycles. The molecule has 0 bridgehead atoms. The summed E-state index contributed by atoms with van der Waals surface area (Å²) >= 11 is 0. The van der Waals surface area contributed by atoms with Crippen molar-refractivity contribution in [1.82, 2.24) is 4.90 Å². The van der Waals surface area contributed by atoms with Crippen molar-refractivity contribution in [2.24, 2.45) is 10.7 Å². The lowest BCUT2D eigenvalue weighted by molar-refractivity contribution is -0.139. The van der Waals surface area contributed by atoms with E-state index in [4.69, 9.17) is 25.6 Å². The number of carbonyl (C=O) groups excluding carboxylic acids is 1.